The summed E-state index contributed by atoms with van der Waals surface area (Å²) in [4.78, 5) is 24.4. The molecule has 1 aliphatic rings. The van der Waals surface area contributed by atoms with Gasteiger partial charge in [-0.15, -0.1) is 0 Å². The third kappa shape index (κ3) is 3.77. The summed E-state index contributed by atoms with van der Waals surface area (Å²) in [7, 11) is 3.80. The zero-order valence-corrected chi connectivity index (χ0v) is 13.3. The molecule has 122 valence electrons. The van der Waals surface area contributed by atoms with Crippen LogP contribution < -0.4 is 9.64 Å². The number of aromatic nitrogens is 4. The largest absolute Gasteiger partial charge is 0.471 e. The van der Waals surface area contributed by atoms with E-state index in [2.05, 4.69) is 15.1 Å². The topological polar surface area (TPSA) is 76.4 Å². The Kier molecular flexibility index (Phi) is 4.40. The highest BCUT2D eigenvalue weighted by Gasteiger charge is 2.28. The molecule has 3 rings (SSSR count). The van der Waals surface area contributed by atoms with Crippen LogP contribution in [0.15, 0.2) is 30.9 Å². The monoisotopic (exact) mass is 316 g/mol. The van der Waals surface area contributed by atoms with Crippen molar-refractivity contribution < 1.29 is 9.53 Å². The smallest absolute Gasteiger partial charge is 0.244 e. The lowest BCUT2D eigenvalue weighted by Gasteiger charge is -2.17. The molecule has 1 saturated heterocycles. The van der Waals surface area contributed by atoms with E-state index < -0.39 is 0 Å². The summed E-state index contributed by atoms with van der Waals surface area (Å²) in [5.74, 6) is 1.28. The van der Waals surface area contributed by atoms with Gasteiger partial charge >= 0.3 is 0 Å². The minimum atomic E-state index is -0.0525. The minimum Gasteiger partial charge on any atom is -0.471 e. The Balaban J connectivity index is 1.55. The van der Waals surface area contributed by atoms with Crippen molar-refractivity contribution in [1.82, 2.24) is 24.6 Å². The van der Waals surface area contributed by atoms with E-state index >= 15 is 0 Å². The maximum Gasteiger partial charge on any atom is 0.244 e. The van der Waals surface area contributed by atoms with Crippen molar-refractivity contribution in [3.8, 4) is 5.88 Å². The Morgan fingerprint density at radius 3 is 3.04 bits per heavy atom. The molecule has 0 spiro atoms. The molecule has 2 aromatic rings. The molecule has 8 nitrogen and oxygen atoms in total. The van der Waals surface area contributed by atoms with E-state index in [0.29, 0.717) is 19.0 Å². The first-order valence-corrected chi connectivity index (χ1v) is 7.53. The number of anilines is 1. The number of likely N-dealkylation sites (tertiary alicyclic amines) is 1. The van der Waals surface area contributed by atoms with Crippen LogP contribution in [0.25, 0.3) is 0 Å². The molecule has 1 aliphatic heterocycles. The van der Waals surface area contributed by atoms with Crippen LogP contribution in [0.5, 0.6) is 5.88 Å². The number of amides is 1. The average Bonchev–Trinajstić information content (AvgIpc) is 3.19. The summed E-state index contributed by atoms with van der Waals surface area (Å²) in [5, 5.41) is 4.06. The van der Waals surface area contributed by atoms with Gasteiger partial charge in [0.25, 0.3) is 0 Å². The maximum absolute atomic E-state index is 12.2. The number of hydrogen-bond donors (Lipinski definition) is 0. The number of hydrogen-bond acceptors (Lipinski definition) is 6. The molecule has 0 saturated carbocycles. The van der Waals surface area contributed by atoms with Gasteiger partial charge in [-0.1, -0.05) is 0 Å². The van der Waals surface area contributed by atoms with E-state index in [1.807, 2.05) is 19.0 Å². The molecule has 1 amide bonds. The van der Waals surface area contributed by atoms with Crippen molar-refractivity contribution in [1.29, 1.82) is 0 Å². The van der Waals surface area contributed by atoms with Crippen LogP contribution in [-0.4, -0.2) is 63.8 Å². The third-order valence-corrected chi connectivity index (χ3v) is 3.70. The van der Waals surface area contributed by atoms with Gasteiger partial charge in [0.15, 0.2) is 5.82 Å². The molecule has 1 fully saturated rings. The van der Waals surface area contributed by atoms with Crippen molar-refractivity contribution >= 4 is 11.7 Å². The first-order valence-electron chi connectivity index (χ1n) is 7.53. The van der Waals surface area contributed by atoms with Gasteiger partial charge in [0.05, 0.1) is 18.9 Å². The summed E-state index contributed by atoms with van der Waals surface area (Å²) in [6.07, 6.45) is 7.47. The van der Waals surface area contributed by atoms with E-state index in [1.54, 1.807) is 40.4 Å². The summed E-state index contributed by atoms with van der Waals surface area (Å²) < 4.78 is 7.49. The highest BCUT2D eigenvalue weighted by Crippen LogP contribution is 2.18. The maximum atomic E-state index is 12.2. The Labute approximate surface area is 134 Å². The van der Waals surface area contributed by atoms with E-state index in [1.165, 1.54) is 0 Å². The zero-order chi connectivity index (χ0) is 16.2. The van der Waals surface area contributed by atoms with Crippen LogP contribution >= 0.6 is 0 Å². The number of carbonyl (C=O) groups excluding carboxylic acids is 1. The minimum absolute atomic E-state index is 0.0490. The Bertz CT molecular complexity index is 658. The Morgan fingerprint density at radius 1 is 1.43 bits per heavy atom. The zero-order valence-electron chi connectivity index (χ0n) is 13.3. The van der Waals surface area contributed by atoms with E-state index in [0.717, 1.165) is 12.2 Å². The van der Waals surface area contributed by atoms with Crippen molar-refractivity contribution in [2.45, 2.75) is 19.1 Å². The van der Waals surface area contributed by atoms with Gasteiger partial charge in [0, 0.05) is 39.5 Å². The van der Waals surface area contributed by atoms with Crippen LogP contribution in [-0.2, 0) is 11.3 Å². The predicted molar refractivity (Wildman–Crippen MR) is 84.2 cm³/mol. The average molecular weight is 316 g/mol. The third-order valence-electron chi connectivity index (χ3n) is 3.70. The van der Waals surface area contributed by atoms with Crippen molar-refractivity contribution in [2.75, 3.05) is 32.1 Å². The lowest BCUT2D eigenvalue weighted by molar-refractivity contribution is -0.131. The molecule has 2 aromatic heterocycles. The van der Waals surface area contributed by atoms with Crippen LogP contribution in [0, 0.1) is 0 Å². The molecule has 0 aromatic carbocycles. The summed E-state index contributed by atoms with van der Waals surface area (Å²) in [6.45, 7) is 1.51. The van der Waals surface area contributed by atoms with Gasteiger partial charge < -0.3 is 14.5 Å². The molecular weight excluding hydrogens is 296 g/mol. The van der Waals surface area contributed by atoms with Crippen LogP contribution in [0.3, 0.4) is 0 Å². The Hall–Kier alpha value is -2.64. The summed E-state index contributed by atoms with van der Waals surface area (Å²) in [6, 6.07) is 1.81. The first kappa shape index (κ1) is 15.3. The number of nitrogens with zero attached hydrogens (tertiary/aromatic N) is 6. The molecular formula is C15H20N6O2. The fourth-order valence-electron chi connectivity index (χ4n) is 2.46. The second-order valence-corrected chi connectivity index (χ2v) is 5.68. The van der Waals surface area contributed by atoms with Crippen LogP contribution in [0.4, 0.5) is 5.82 Å². The van der Waals surface area contributed by atoms with Gasteiger partial charge in [0.1, 0.15) is 12.6 Å². The van der Waals surface area contributed by atoms with E-state index in [4.69, 9.17) is 4.74 Å². The van der Waals surface area contributed by atoms with Crippen molar-refractivity contribution in [3.05, 3.63) is 30.9 Å². The van der Waals surface area contributed by atoms with Crippen LogP contribution in [0.2, 0.25) is 0 Å². The van der Waals surface area contributed by atoms with Crippen LogP contribution in [0.1, 0.15) is 6.42 Å². The normalized spacial score (nSPS) is 17.3. The fourth-order valence-corrected chi connectivity index (χ4v) is 2.46. The molecule has 0 radical (unpaired) electrons. The Morgan fingerprint density at radius 2 is 2.30 bits per heavy atom. The summed E-state index contributed by atoms with van der Waals surface area (Å²) >= 11 is 0. The summed E-state index contributed by atoms with van der Waals surface area (Å²) in [5.41, 5.74) is 0. The van der Waals surface area contributed by atoms with Crippen molar-refractivity contribution in [2.24, 2.45) is 0 Å². The van der Waals surface area contributed by atoms with Gasteiger partial charge in [-0.3, -0.25) is 14.5 Å². The first-order chi connectivity index (χ1) is 11.1. The number of rotatable bonds is 5. The quantitative estimate of drug-likeness (QED) is 0.796. The number of ether oxygens (including phenoxy) is 1. The van der Waals surface area contributed by atoms with E-state index in [9.17, 15) is 4.79 Å². The SMILES string of the molecule is CN(C)c1cncc(O[C@@H]2CCN(C(=O)Cn3cccn3)C2)n1. The lowest BCUT2D eigenvalue weighted by atomic mass is 10.3. The predicted octanol–water partition coefficient (Wildman–Crippen LogP) is 0.419. The van der Waals surface area contributed by atoms with Gasteiger partial charge in [-0.25, -0.2) is 0 Å². The molecule has 0 bridgehead atoms. The highest BCUT2D eigenvalue weighted by molar-refractivity contribution is 5.76. The standard InChI is InChI=1S/C15H20N6O2/c1-19(2)13-8-16-9-14(18-13)23-12-4-7-20(10-12)15(22)11-21-6-3-5-17-21/h3,5-6,8-9,12H,4,7,10-11H2,1-2H3/t12-/m1/s1. The van der Waals surface area contributed by atoms with Crippen molar-refractivity contribution in [3.63, 3.8) is 0 Å². The molecule has 0 unspecified atom stereocenters. The lowest BCUT2D eigenvalue weighted by Crippen LogP contribution is -2.33. The van der Waals surface area contributed by atoms with Gasteiger partial charge in [-0.05, 0) is 6.07 Å². The molecule has 8 heteroatoms. The molecule has 0 aliphatic carbocycles. The van der Waals surface area contributed by atoms with Gasteiger partial charge in [-0.2, -0.15) is 10.1 Å². The molecule has 1 atom stereocenters. The molecule has 0 N–H and O–H groups in total. The number of carbonyl (C=O) groups is 1. The second kappa shape index (κ2) is 6.64. The molecule has 3 heterocycles. The molecule has 23 heavy (non-hydrogen) atoms. The van der Waals surface area contributed by atoms with Gasteiger partial charge in [0.2, 0.25) is 11.8 Å². The fraction of sp³-hybridized carbons (Fsp3) is 0.467. The van der Waals surface area contributed by atoms with E-state index in [-0.39, 0.29) is 18.6 Å². The highest BCUT2D eigenvalue weighted by atomic mass is 16.5. The second-order valence-electron chi connectivity index (χ2n) is 5.68.